The number of nitrogens with zero attached hydrogens (tertiary/aromatic N) is 1. The Bertz CT molecular complexity index is 370. The van der Waals surface area contributed by atoms with Crippen molar-refractivity contribution < 1.29 is 4.74 Å². The number of nitrogens with one attached hydrogen (secondary N) is 1. The highest BCUT2D eigenvalue weighted by molar-refractivity contribution is 5.56. The van der Waals surface area contributed by atoms with Gasteiger partial charge in [-0.2, -0.15) is 5.26 Å². The van der Waals surface area contributed by atoms with E-state index >= 15 is 0 Å². The summed E-state index contributed by atoms with van der Waals surface area (Å²) in [4.78, 5) is 0. The van der Waals surface area contributed by atoms with Gasteiger partial charge in [-0.05, 0) is 32.4 Å². The molecule has 1 rings (SSSR count). The summed E-state index contributed by atoms with van der Waals surface area (Å²) in [6.07, 6.45) is 0.613. The van der Waals surface area contributed by atoms with Crippen LogP contribution in [0, 0.1) is 11.3 Å². The molecule has 1 N–H and O–H groups in total. The van der Waals surface area contributed by atoms with Crippen LogP contribution in [-0.4, -0.2) is 12.1 Å². The van der Waals surface area contributed by atoms with E-state index in [-0.39, 0.29) is 0 Å². The fraction of sp³-hybridized carbons (Fsp3) is 0.462. The first-order chi connectivity index (χ1) is 7.67. The molecule has 0 bridgehead atoms. The van der Waals surface area contributed by atoms with Gasteiger partial charge >= 0.3 is 0 Å². The van der Waals surface area contributed by atoms with E-state index in [1.165, 1.54) is 0 Å². The Hall–Kier alpha value is -1.69. The number of para-hydroxylation sites is 2. The molecule has 0 aromatic heterocycles. The first kappa shape index (κ1) is 12.4. The number of rotatable bonds is 5. The van der Waals surface area contributed by atoms with E-state index in [0.717, 1.165) is 17.9 Å². The molecule has 0 aliphatic carbocycles. The monoisotopic (exact) mass is 218 g/mol. The van der Waals surface area contributed by atoms with Crippen LogP contribution in [0.4, 0.5) is 5.69 Å². The van der Waals surface area contributed by atoms with Gasteiger partial charge in [0, 0.05) is 6.04 Å². The third-order valence-electron chi connectivity index (χ3n) is 2.39. The summed E-state index contributed by atoms with van der Waals surface area (Å²) in [5.74, 6) is 0.733. The van der Waals surface area contributed by atoms with Gasteiger partial charge in [0.05, 0.1) is 5.69 Å². The van der Waals surface area contributed by atoms with Crippen LogP contribution in [0.1, 0.15) is 27.2 Å². The zero-order valence-corrected chi connectivity index (χ0v) is 10.0. The normalized spacial score (nSPS) is 13.6. The Labute approximate surface area is 97.0 Å². The second-order valence-electron chi connectivity index (χ2n) is 3.84. The lowest BCUT2D eigenvalue weighted by molar-refractivity contribution is 0.277. The average molecular weight is 218 g/mol. The largest absolute Gasteiger partial charge is 0.474 e. The van der Waals surface area contributed by atoms with Gasteiger partial charge in [-0.15, -0.1) is 0 Å². The maximum absolute atomic E-state index is 8.72. The third kappa shape index (κ3) is 3.47. The second kappa shape index (κ2) is 6.02. The standard InChI is InChI=1S/C13H18N2O/c1-4-10(2)15-12-7-5-6-8-13(12)16-11(3)9-14/h5-8,10-11,15H,4H2,1-3H3. The lowest BCUT2D eigenvalue weighted by Gasteiger charge is -2.17. The summed E-state index contributed by atoms with van der Waals surface area (Å²) in [6.45, 7) is 5.98. The minimum absolute atomic E-state index is 0.391. The lowest BCUT2D eigenvalue weighted by Crippen LogP contribution is -2.16. The molecule has 2 atom stereocenters. The van der Waals surface area contributed by atoms with Gasteiger partial charge < -0.3 is 10.1 Å². The van der Waals surface area contributed by atoms with Gasteiger partial charge in [-0.3, -0.25) is 0 Å². The third-order valence-corrected chi connectivity index (χ3v) is 2.39. The van der Waals surface area contributed by atoms with Gasteiger partial charge in [0.15, 0.2) is 6.10 Å². The van der Waals surface area contributed by atoms with Crippen LogP contribution in [0.2, 0.25) is 0 Å². The molecule has 0 fully saturated rings. The molecule has 0 saturated heterocycles. The highest BCUT2D eigenvalue weighted by atomic mass is 16.5. The summed E-state index contributed by atoms with van der Waals surface area (Å²) >= 11 is 0. The van der Waals surface area contributed by atoms with Gasteiger partial charge in [-0.1, -0.05) is 19.1 Å². The van der Waals surface area contributed by atoms with Gasteiger partial charge in [0.25, 0.3) is 0 Å². The molecule has 2 unspecified atom stereocenters. The van der Waals surface area contributed by atoms with Crippen molar-refractivity contribution in [3.8, 4) is 11.8 Å². The van der Waals surface area contributed by atoms with E-state index in [1.807, 2.05) is 24.3 Å². The fourth-order valence-corrected chi connectivity index (χ4v) is 1.27. The molecule has 3 nitrogen and oxygen atoms in total. The van der Waals surface area contributed by atoms with E-state index in [9.17, 15) is 0 Å². The number of benzene rings is 1. The number of nitriles is 1. The smallest absolute Gasteiger partial charge is 0.181 e. The molecule has 0 saturated carbocycles. The average Bonchev–Trinajstić information content (AvgIpc) is 2.31. The van der Waals surface area contributed by atoms with Crippen LogP contribution in [0.25, 0.3) is 0 Å². The second-order valence-corrected chi connectivity index (χ2v) is 3.84. The Morgan fingerprint density at radius 3 is 2.69 bits per heavy atom. The molecule has 0 radical (unpaired) electrons. The topological polar surface area (TPSA) is 45.0 Å². The van der Waals surface area contributed by atoms with Crippen molar-refractivity contribution in [1.82, 2.24) is 0 Å². The SMILES string of the molecule is CCC(C)Nc1ccccc1OC(C)C#N. The molecule has 0 heterocycles. The quantitative estimate of drug-likeness (QED) is 0.825. The van der Waals surface area contributed by atoms with Crippen LogP contribution >= 0.6 is 0 Å². The highest BCUT2D eigenvalue weighted by Crippen LogP contribution is 2.25. The predicted molar refractivity (Wildman–Crippen MR) is 65.5 cm³/mol. The Morgan fingerprint density at radius 1 is 1.38 bits per heavy atom. The number of hydrogen-bond donors (Lipinski definition) is 1. The van der Waals surface area contributed by atoms with Gasteiger partial charge in [-0.25, -0.2) is 0 Å². The molecule has 0 aliphatic heterocycles. The number of hydrogen-bond acceptors (Lipinski definition) is 3. The minimum atomic E-state index is -0.431. The predicted octanol–water partition coefficient (Wildman–Crippen LogP) is 3.19. The Morgan fingerprint density at radius 2 is 2.06 bits per heavy atom. The van der Waals surface area contributed by atoms with Gasteiger partial charge in [0.1, 0.15) is 11.8 Å². The summed E-state index contributed by atoms with van der Waals surface area (Å²) in [5.41, 5.74) is 0.943. The molecule has 3 heteroatoms. The van der Waals surface area contributed by atoms with Crippen molar-refractivity contribution in [3.05, 3.63) is 24.3 Å². The molecular formula is C13H18N2O. The van der Waals surface area contributed by atoms with Crippen LogP contribution in [0.3, 0.4) is 0 Å². The van der Waals surface area contributed by atoms with Crippen LogP contribution in [0.15, 0.2) is 24.3 Å². The first-order valence-corrected chi connectivity index (χ1v) is 5.59. The highest BCUT2D eigenvalue weighted by Gasteiger charge is 2.08. The molecule has 0 spiro atoms. The summed E-state index contributed by atoms with van der Waals surface area (Å²) in [6, 6.07) is 10.1. The number of ether oxygens (including phenoxy) is 1. The molecule has 16 heavy (non-hydrogen) atoms. The summed E-state index contributed by atoms with van der Waals surface area (Å²) in [7, 11) is 0. The van der Waals surface area contributed by atoms with E-state index < -0.39 is 6.10 Å². The van der Waals surface area contributed by atoms with E-state index in [2.05, 4.69) is 25.2 Å². The van der Waals surface area contributed by atoms with E-state index in [1.54, 1.807) is 6.92 Å². The summed E-state index contributed by atoms with van der Waals surface area (Å²) < 4.78 is 5.52. The lowest BCUT2D eigenvalue weighted by atomic mass is 10.2. The zero-order valence-electron chi connectivity index (χ0n) is 10.0. The van der Waals surface area contributed by atoms with Crippen LogP contribution in [0.5, 0.6) is 5.75 Å². The molecule has 0 aliphatic rings. The zero-order chi connectivity index (χ0) is 12.0. The van der Waals surface area contributed by atoms with Crippen LogP contribution in [-0.2, 0) is 0 Å². The van der Waals surface area contributed by atoms with Crippen LogP contribution < -0.4 is 10.1 Å². The number of anilines is 1. The summed E-state index contributed by atoms with van der Waals surface area (Å²) in [5, 5.41) is 12.1. The Kier molecular flexibility index (Phi) is 4.65. The van der Waals surface area contributed by atoms with Crippen molar-refractivity contribution in [2.24, 2.45) is 0 Å². The van der Waals surface area contributed by atoms with Crippen molar-refractivity contribution >= 4 is 5.69 Å². The maximum Gasteiger partial charge on any atom is 0.181 e. The molecule has 86 valence electrons. The van der Waals surface area contributed by atoms with E-state index in [0.29, 0.717) is 6.04 Å². The van der Waals surface area contributed by atoms with Crippen molar-refractivity contribution in [2.45, 2.75) is 39.3 Å². The molecule has 1 aromatic rings. The Balaban J connectivity index is 2.80. The van der Waals surface area contributed by atoms with Crippen molar-refractivity contribution in [2.75, 3.05) is 5.32 Å². The molecular weight excluding hydrogens is 200 g/mol. The fourth-order valence-electron chi connectivity index (χ4n) is 1.27. The molecule has 1 aromatic carbocycles. The maximum atomic E-state index is 8.72. The van der Waals surface area contributed by atoms with Crippen molar-refractivity contribution in [3.63, 3.8) is 0 Å². The molecule has 0 amide bonds. The van der Waals surface area contributed by atoms with Gasteiger partial charge in [0.2, 0.25) is 0 Å². The van der Waals surface area contributed by atoms with E-state index in [4.69, 9.17) is 10.00 Å². The first-order valence-electron chi connectivity index (χ1n) is 5.59. The minimum Gasteiger partial charge on any atom is -0.474 e. The van der Waals surface area contributed by atoms with Crippen molar-refractivity contribution in [1.29, 1.82) is 5.26 Å².